The standard InChI is InChI=1S/C21H23FN2O2/c1-2-16-3-7-18(8-4-16)21(26)24-13-11-23(12-14-24)20(25)15-17-5-9-19(22)10-6-17/h3-10H,2,11-15H2,1H3. The van der Waals surface area contributed by atoms with Gasteiger partial charge in [0.1, 0.15) is 5.82 Å². The number of carbonyl (C=O) groups excluding carboxylic acids is 2. The van der Waals surface area contributed by atoms with E-state index in [9.17, 15) is 14.0 Å². The van der Waals surface area contributed by atoms with E-state index >= 15 is 0 Å². The van der Waals surface area contributed by atoms with E-state index in [1.807, 2.05) is 24.3 Å². The maximum absolute atomic E-state index is 12.9. The molecule has 136 valence electrons. The molecular weight excluding hydrogens is 331 g/mol. The van der Waals surface area contributed by atoms with Gasteiger partial charge >= 0.3 is 0 Å². The molecular formula is C21H23FN2O2. The maximum atomic E-state index is 12.9. The summed E-state index contributed by atoms with van der Waals surface area (Å²) >= 11 is 0. The molecule has 4 nitrogen and oxygen atoms in total. The number of hydrogen-bond acceptors (Lipinski definition) is 2. The van der Waals surface area contributed by atoms with Crippen LogP contribution in [-0.4, -0.2) is 47.8 Å². The first kappa shape index (κ1) is 18.1. The van der Waals surface area contributed by atoms with Crippen molar-refractivity contribution in [3.63, 3.8) is 0 Å². The topological polar surface area (TPSA) is 40.6 Å². The Balaban J connectivity index is 1.53. The summed E-state index contributed by atoms with van der Waals surface area (Å²) in [5, 5.41) is 0. The van der Waals surface area contributed by atoms with Gasteiger partial charge in [0, 0.05) is 31.7 Å². The van der Waals surface area contributed by atoms with Crippen molar-refractivity contribution in [1.29, 1.82) is 0 Å². The van der Waals surface area contributed by atoms with Gasteiger partial charge in [-0.2, -0.15) is 0 Å². The van der Waals surface area contributed by atoms with Crippen LogP contribution < -0.4 is 0 Å². The molecule has 0 aliphatic carbocycles. The van der Waals surface area contributed by atoms with Crippen LogP contribution in [0.25, 0.3) is 0 Å². The molecule has 1 saturated heterocycles. The van der Waals surface area contributed by atoms with Crippen molar-refractivity contribution in [2.24, 2.45) is 0 Å². The fraction of sp³-hybridized carbons (Fsp3) is 0.333. The first-order valence-corrected chi connectivity index (χ1v) is 8.97. The van der Waals surface area contributed by atoms with E-state index in [-0.39, 0.29) is 24.1 Å². The summed E-state index contributed by atoms with van der Waals surface area (Å²) in [5.41, 5.74) is 2.69. The second-order valence-electron chi connectivity index (χ2n) is 6.53. The molecule has 0 bridgehead atoms. The van der Waals surface area contributed by atoms with E-state index in [0.717, 1.165) is 12.0 Å². The summed E-state index contributed by atoms with van der Waals surface area (Å²) in [5.74, 6) is -0.283. The third-order valence-electron chi connectivity index (χ3n) is 4.80. The Morgan fingerprint density at radius 1 is 0.846 bits per heavy atom. The molecule has 1 fully saturated rings. The van der Waals surface area contributed by atoms with Crippen molar-refractivity contribution in [1.82, 2.24) is 9.80 Å². The Morgan fingerprint density at radius 2 is 1.38 bits per heavy atom. The number of carbonyl (C=O) groups is 2. The van der Waals surface area contributed by atoms with Gasteiger partial charge in [-0.1, -0.05) is 31.2 Å². The Bertz CT molecular complexity index is 764. The number of nitrogens with zero attached hydrogens (tertiary/aromatic N) is 2. The molecule has 26 heavy (non-hydrogen) atoms. The molecule has 0 radical (unpaired) electrons. The smallest absolute Gasteiger partial charge is 0.253 e. The second kappa shape index (κ2) is 8.13. The lowest BCUT2D eigenvalue weighted by molar-refractivity contribution is -0.131. The van der Waals surface area contributed by atoms with E-state index in [0.29, 0.717) is 31.7 Å². The SMILES string of the molecule is CCc1ccc(C(=O)N2CCN(C(=O)Cc3ccc(F)cc3)CC2)cc1. The van der Waals surface area contributed by atoms with E-state index < -0.39 is 0 Å². The second-order valence-corrected chi connectivity index (χ2v) is 6.53. The summed E-state index contributed by atoms with van der Waals surface area (Å²) in [7, 11) is 0. The van der Waals surface area contributed by atoms with Crippen molar-refractivity contribution in [3.8, 4) is 0 Å². The highest BCUT2D eigenvalue weighted by molar-refractivity contribution is 5.94. The largest absolute Gasteiger partial charge is 0.339 e. The van der Waals surface area contributed by atoms with Crippen LogP contribution in [-0.2, 0) is 17.6 Å². The fourth-order valence-electron chi connectivity index (χ4n) is 3.11. The van der Waals surface area contributed by atoms with Crippen LogP contribution in [0, 0.1) is 5.82 Å². The van der Waals surface area contributed by atoms with Crippen LogP contribution >= 0.6 is 0 Å². The lowest BCUT2D eigenvalue weighted by Crippen LogP contribution is -2.51. The molecule has 2 amide bonds. The predicted octanol–water partition coefficient (Wildman–Crippen LogP) is 2.92. The minimum Gasteiger partial charge on any atom is -0.339 e. The van der Waals surface area contributed by atoms with Gasteiger partial charge in [-0.15, -0.1) is 0 Å². The van der Waals surface area contributed by atoms with E-state index in [2.05, 4.69) is 6.92 Å². The monoisotopic (exact) mass is 354 g/mol. The number of halogens is 1. The van der Waals surface area contributed by atoms with Gasteiger partial charge < -0.3 is 9.80 Å². The number of rotatable bonds is 4. The first-order valence-electron chi connectivity index (χ1n) is 8.97. The average molecular weight is 354 g/mol. The molecule has 0 saturated carbocycles. The minimum absolute atomic E-state index is 0.0102. The quantitative estimate of drug-likeness (QED) is 0.847. The number of amides is 2. The minimum atomic E-state index is -0.305. The van der Waals surface area contributed by atoms with Crippen molar-refractivity contribution in [2.75, 3.05) is 26.2 Å². The molecule has 0 aromatic heterocycles. The van der Waals surface area contributed by atoms with Crippen LogP contribution in [0.15, 0.2) is 48.5 Å². The van der Waals surface area contributed by atoms with E-state index in [1.54, 1.807) is 21.9 Å². The van der Waals surface area contributed by atoms with Gasteiger partial charge in [-0.25, -0.2) is 4.39 Å². The summed E-state index contributed by atoms with van der Waals surface area (Å²) in [6.07, 6.45) is 1.20. The highest BCUT2D eigenvalue weighted by Gasteiger charge is 2.24. The average Bonchev–Trinajstić information content (AvgIpc) is 2.69. The van der Waals surface area contributed by atoms with Crippen molar-refractivity contribution in [3.05, 3.63) is 71.0 Å². The normalized spacial score (nSPS) is 14.4. The van der Waals surface area contributed by atoms with Crippen LogP contribution in [0.4, 0.5) is 4.39 Å². The van der Waals surface area contributed by atoms with Gasteiger partial charge in [0.25, 0.3) is 5.91 Å². The van der Waals surface area contributed by atoms with Gasteiger partial charge in [-0.3, -0.25) is 9.59 Å². The Kier molecular flexibility index (Phi) is 5.66. The molecule has 1 heterocycles. The van der Waals surface area contributed by atoms with E-state index in [4.69, 9.17) is 0 Å². The highest BCUT2D eigenvalue weighted by atomic mass is 19.1. The van der Waals surface area contributed by atoms with Crippen LogP contribution in [0.2, 0.25) is 0 Å². The molecule has 5 heteroatoms. The number of piperazine rings is 1. The zero-order valence-corrected chi connectivity index (χ0v) is 15.0. The summed E-state index contributed by atoms with van der Waals surface area (Å²) in [6, 6.07) is 13.7. The molecule has 0 spiro atoms. The molecule has 0 N–H and O–H groups in total. The van der Waals surface area contributed by atoms with Gasteiger partial charge in [0.2, 0.25) is 5.91 Å². The van der Waals surface area contributed by atoms with Gasteiger partial charge in [0.05, 0.1) is 6.42 Å². The predicted molar refractivity (Wildman–Crippen MR) is 98.4 cm³/mol. The number of aryl methyl sites for hydroxylation is 1. The number of hydrogen-bond donors (Lipinski definition) is 0. The third-order valence-corrected chi connectivity index (χ3v) is 4.80. The van der Waals surface area contributed by atoms with Crippen molar-refractivity contribution < 1.29 is 14.0 Å². The van der Waals surface area contributed by atoms with Crippen molar-refractivity contribution in [2.45, 2.75) is 19.8 Å². The first-order chi connectivity index (χ1) is 12.6. The zero-order chi connectivity index (χ0) is 18.5. The number of benzene rings is 2. The summed E-state index contributed by atoms with van der Waals surface area (Å²) < 4.78 is 12.9. The third kappa shape index (κ3) is 4.28. The lowest BCUT2D eigenvalue weighted by atomic mass is 10.1. The Hall–Kier alpha value is -2.69. The van der Waals surface area contributed by atoms with Crippen molar-refractivity contribution >= 4 is 11.8 Å². The molecule has 3 rings (SSSR count). The molecule has 2 aromatic rings. The van der Waals surface area contributed by atoms with Crippen LogP contribution in [0.5, 0.6) is 0 Å². The molecule has 0 unspecified atom stereocenters. The van der Waals surface area contributed by atoms with Crippen LogP contribution in [0.3, 0.4) is 0 Å². The molecule has 1 aliphatic heterocycles. The Morgan fingerprint density at radius 3 is 1.96 bits per heavy atom. The lowest BCUT2D eigenvalue weighted by Gasteiger charge is -2.35. The van der Waals surface area contributed by atoms with Gasteiger partial charge in [0.15, 0.2) is 0 Å². The summed E-state index contributed by atoms with van der Waals surface area (Å²) in [6.45, 7) is 4.20. The van der Waals surface area contributed by atoms with Gasteiger partial charge in [-0.05, 0) is 41.8 Å². The van der Waals surface area contributed by atoms with E-state index in [1.165, 1.54) is 17.7 Å². The molecule has 1 aliphatic rings. The van der Waals surface area contributed by atoms with Crippen LogP contribution in [0.1, 0.15) is 28.4 Å². The fourth-order valence-corrected chi connectivity index (χ4v) is 3.11. The summed E-state index contributed by atoms with van der Waals surface area (Å²) in [4.78, 5) is 28.5. The Labute approximate surface area is 153 Å². The zero-order valence-electron chi connectivity index (χ0n) is 15.0. The molecule has 0 atom stereocenters. The highest BCUT2D eigenvalue weighted by Crippen LogP contribution is 2.12. The molecule has 2 aromatic carbocycles. The maximum Gasteiger partial charge on any atom is 0.253 e.